The van der Waals surface area contributed by atoms with Crippen LogP contribution >= 0.6 is 12.4 Å². The van der Waals surface area contributed by atoms with Crippen LogP contribution in [0.4, 0.5) is 0 Å². The standard InChI is InChI=1S/C11H23N3.ClH/c1-12-10-4-3-7-14(9-10)11-5-2-6-13-8-11;/h10-13H,2-9H2,1H3;1H. The van der Waals surface area contributed by atoms with Crippen molar-refractivity contribution in [3.63, 3.8) is 0 Å². The number of nitrogens with zero attached hydrogens (tertiary/aromatic N) is 1. The molecular formula is C11H24ClN3. The van der Waals surface area contributed by atoms with E-state index in [2.05, 4.69) is 22.6 Å². The summed E-state index contributed by atoms with van der Waals surface area (Å²) in [5.74, 6) is 0. The topological polar surface area (TPSA) is 27.3 Å². The van der Waals surface area contributed by atoms with Gasteiger partial charge in [0.25, 0.3) is 0 Å². The maximum absolute atomic E-state index is 3.50. The van der Waals surface area contributed by atoms with Crippen molar-refractivity contribution in [1.29, 1.82) is 0 Å². The Balaban J connectivity index is 0.00000112. The lowest BCUT2D eigenvalue weighted by atomic mass is 10.00. The maximum Gasteiger partial charge on any atom is 0.0221 e. The van der Waals surface area contributed by atoms with Crippen LogP contribution in [0.25, 0.3) is 0 Å². The molecule has 2 fully saturated rings. The fourth-order valence-electron chi connectivity index (χ4n) is 2.72. The van der Waals surface area contributed by atoms with Crippen molar-refractivity contribution < 1.29 is 0 Å². The number of hydrogen-bond donors (Lipinski definition) is 2. The molecule has 0 saturated carbocycles. The Morgan fingerprint density at radius 3 is 2.80 bits per heavy atom. The van der Waals surface area contributed by atoms with Crippen LogP contribution in [0.2, 0.25) is 0 Å². The predicted molar refractivity (Wildman–Crippen MR) is 66.8 cm³/mol. The molecule has 0 aromatic heterocycles. The number of likely N-dealkylation sites (N-methyl/N-ethyl adjacent to an activating group) is 1. The minimum atomic E-state index is 0. The molecule has 15 heavy (non-hydrogen) atoms. The predicted octanol–water partition coefficient (Wildman–Crippen LogP) is 0.844. The summed E-state index contributed by atoms with van der Waals surface area (Å²) in [6, 6.07) is 1.53. The molecule has 2 aliphatic rings. The number of piperidine rings is 2. The van der Waals surface area contributed by atoms with Gasteiger partial charge in [0.05, 0.1) is 0 Å². The molecule has 2 heterocycles. The summed E-state index contributed by atoms with van der Waals surface area (Å²) < 4.78 is 0. The molecule has 0 radical (unpaired) electrons. The Labute approximate surface area is 99.4 Å². The van der Waals surface area contributed by atoms with Crippen molar-refractivity contribution in [2.75, 3.05) is 33.2 Å². The SMILES string of the molecule is CNC1CCCN(C2CCCNC2)C1.Cl. The van der Waals surface area contributed by atoms with E-state index in [0.29, 0.717) is 0 Å². The van der Waals surface area contributed by atoms with Gasteiger partial charge in [-0.15, -0.1) is 12.4 Å². The van der Waals surface area contributed by atoms with Gasteiger partial charge in [0.2, 0.25) is 0 Å². The molecule has 0 aromatic rings. The Bertz CT molecular complexity index is 171. The Morgan fingerprint density at radius 1 is 1.27 bits per heavy atom. The van der Waals surface area contributed by atoms with E-state index in [0.717, 1.165) is 12.1 Å². The minimum Gasteiger partial charge on any atom is -0.316 e. The van der Waals surface area contributed by atoms with E-state index < -0.39 is 0 Å². The average Bonchev–Trinajstić information content (AvgIpc) is 2.30. The van der Waals surface area contributed by atoms with Crippen molar-refractivity contribution >= 4 is 12.4 Å². The molecule has 2 atom stereocenters. The van der Waals surface area contributed by atoms with Crippen LogP contribution in [-0.2, 0) is 0 Å². The highest BCUT2D eigenvalue weighted by atomic mass is 35.5. The summed E-state index contributed by atoms with van der Waals surface area (Å²) in [4.78, 5) is 2.68. The van der Waals surface area contributed by atoms with Gasteiger partial charge in [-0.3, -0.25) is 4.90 Å². The van der Waals surface area contributed by atoms with Gasteiger partial charge in [-0.05, 0) is 45.8 Å². The van der Waals surface area contributed by atoms with E-state index >= 15 is 0 Å². The van der Waals surface area contributed by atoms with Crippen LogP contribution in [-0.4, -0.2) is 50.2 Å². The summed E-state index contributed by atoms with van der Waals surface area (Å²) in [6.45, 7) is 4.99. The monoisotopic (exact) mass is 233 g/mol. The fraction of sp³-hybridized carbons (Fsp3) is 1.00. The molecule has 4 heteroatoms. The first-order valence-corrected chi connectivity index (χ1v) is 6.02. The molecule has 3 nitrogen and oxygen atoms in total. The lowest BCUT2D eigenvalue weighted by molar-refractivity contribution is 0.120. The van der Waals surface area contributed by atoms with E-state index in [1.54, 1.807) is 0 Å². The van der Waals surface area contributed by atoms with Crippen molar-refractivity contribution in [3.8, 4) is 0 Å². The van der Waals surface area contributed by atoms with E-state index in [1.807, 2.05) is 0 Å². The van der Waals surface area contributed by atoms with Gasteiger partial charge in [-0.25, -0.2) is 0 Å². The third-order valence-electron chi connectivity index (χ3n) is 3.65. The minimum absolute atomic E-state index is 0. The van der Waals surface area contributed by atoms with Crippen LogP contribution in [0.1, 0.15) is 25.7 Å². The van der Waals surface area contributed by atoms with Gasteiger partial charge in [-0.2, -0.15) is 0 Å². The molecule has 2 N–H and O–H groups in total. The third kappa shape index (κ3) is 3.59. The van der Waals surface area contributed by atoms with Crippen LogP contribution in [0.5, 0.6) is 0 Å². The summed E-state index contributed by atoms with van der Waals surface area (Å²) in [7, 11) is 2.09. The molecule has 0 amide bonds. The van der Waals surface area contributed by atoms with Crippen LogP contribution in [0.15, 0.2) is 0 Å². The number of nitrogens with one attached hydrogen (secondary N) is 2. The Kier molecular flexibility index (Phi) is 5.90. The normalized spacial score (nSPS) is 33.4. The highest BCUT2D eigenvalue weighted by Crippen LogP contribution is 2.17. The second-order valence-corrected chi connectivity index (χ2v) is 4.62. The van der Waals surface area contributed by atoms with Crippen molar-refractivity contribution in [2.45, 2.75) is 37.8 Å². The van der Waals surface area contributed by atoms with Crippen molar-refractivity contribution in [3.05, 3.63) is 0 Å². The van der Waals surface area contributed by atoms with Gasteiger partial charge in [-0.1, -0.05) is 0 Å². The largest absolute Gasteiger partial charge is 0.316 e. The van der Waals surface area contributed by atoms with Crippen molar-refractivity contribution in [1.82, 2.24) is 15.5 Å². The lowest BCUT2D eigenvalue weighted by Crippen LogP contribution is -2.53. The molecule has 2 unspecified atom stereocenters. The van der Waals surface area contributed by atoms with Crippen molar-refractivity contribution in [2.24, 2.45) is 0 Å². The summed E-state index contributed by atoms with van der Waals surface area (Å²) in [6.07, 6.45) is 5.46. The number of hydrogen-bond acceptors (Lipinski definition) is 3. The second kappa shape index (κ2) is 6.69. The van der Waals surface area contributed by atoms with Crippen LogP contribution < -0.4 is 10.6 Å². The highest BCUT2D eigenvalue weighted by molar-refractivity contribution is 5.85. The lowest BCUT2D eigenvalue weighted by Gasteiger charge is -2.40. The zero-order chi connectivity index (χ0) is 9.80. The maximum atomic E-state index is 3.50. The first-order chi connectivity index (χ1) is 6.90. The van der Waals surface area contributed by atoms with E-state index in [-0.39, 0.29) is 12.4 Å². The molecule has 90 valence electrons. The molecule has 2 saturated heterocycles. The van der Waals surface area contributed by atoms with E-state index in [4.69, 9.17) is 0 Å². The van der Waals surface area contributed by atoms with E-state index in [9.17, 15) is 0 Å². The molecule has 0 bridgehead atoms. The number of halogens is 1. The summed E-state index contributed by atoms with van der Waals surface area (Å²) >= 11 is 0. The second-order valence-electron chi connectivity index (χ2n) is 4.62. The van der Waals surface area contributed by atoms with E-state index in [1.165, 1.54) is 51.9 Å². The first kappa shape index (κ1) is 13.2. The molecule has 2 rings (SSSR count). The molecule has 0 spiro atoms. The summed E-state index contributed by atoms with van der Waals surface area (Å²) in [5.41, 5.74) is 0. The first-order valence-electron chi connectivity index (χ1n) is 6.02. The van der Waals surface area contributed by atoms with Gasteiger partial charge in [0.1, 0.15) is 0 Å². The quantitative estimate of drug-likeness (QED) is 0.741. The Hall–Kier alpha value is 0.170. The van der Waals surface area contributed by atoms with Crippen LogP contribution in [0.3, 0.4) is 0 Å². The van der Waals surface area contributed by atoms with Gasteiger partial charge in [0.15, 0.2) is 0 Å². The molecule has 2 aliphatic heterocycles. The molecule has 0 aliphatic carbocycles. The number of likely N-dealkylation sites (tertiary alicyclic amines) is 1. The smallest absolute Gasteiger partial charge is 0.0221 e. The van der Waals surface area contributed by atoms with Gasteiger partial charge >= 0.3 is 0 Å². The Morgan fingerprint density at radius 2 is 2.13 bits per heavy atom. The zero-order valence-electron chi connectivity index (χ0n) is 9.67. The molecular weight excluding hydrogens is 210 g/mol. The van der Waals surface area contributed by atoms with Gasteiger partial charge in [0, 0.05) is 25.2 Å². The summed E-state index contributed by atoms with van der Waals surface area (Å²) in [5, 5.41) is 6.91. The fourth-order valence-corrected chi connectivity index (χ4v) is 2.72. The molecule has 0 aromatic carbocycles. The van der Waals surface area contributed by atoms with Crippen LogP contribution in [0, 0.1) is 0 Å². The average molecular weight is 234 g/mol. The third-order valence-corrected chi connectivity index (χ3v) is 3.65. The number of rotatable bonds is 2. The zero-order valence-corrected chi connectivity index (χ0v) is 10.5. The highest BCUT2D eigenvalue weighted by Gasteiger charge is 2.25. The van der Waals surface area contributed by atoms with Gasteiger partial charge < -0.3 is 10.6 Å².